The van der Waals surface area contributed by atoms with Crippen LogP contribution in [0.15, 0.2) is 71.5 Å². The summed E-state index contributed by atoms with van der Waals surface area (Å²) in [7, 11) is 0. The van der Waals surface area contributed by atoms with E-state index >= 15 is 0 Å². The van der Waals surface area contributed by atoms with Crippen LogP contribution in [-0.2, 0) is 6.54 Å². The maximum absolute atomic E-state index is 12.6. The van der Waals surface area contributed by atoms with Crippen LogP contribution in [0, 0.1) is 13.8 Å². The molecule has 0 spiro atoms. The van der Waals surface area contributed by atoms with Gasteiger partial charge < -0.3 is 4.57 Å². The lowest BCUT2D eigenvalue weighted by Crippen LogP contribution is -2.20. The molecule has 0 aliphatic carbocycles. The molecular formula is C24H21ClN6O. The average Bonchev–Trinajstić information content (AvgIpc) is 3.31. The summed E-state index contributed by atoms with van der Waals surface area (Å²) in [5.41, 5.74) is 6.78. The van der Waals surface area contributed by atoms with Gasteiger partial charge in [0.1, 0.15) is 0 Å². The van der Waals surface area contributed by atoms with E-state index in [2.05, 4.69) is 49.9 Å². The Morgan fingerprint density at radius 2 is 1.69 bits per heavy atom. The molecular weight excluding hydrogens is 424 g/mol. The van der Waals surface area contributed by atoms with Gasteiger partial charge in [0.15, 0.2) is 5.82 Å². The van der Waals surface area contributed by atoms with Gasteiger partial charge in [-0.3, -0.25) is 9.78 Å². The Hall–Kier alpha value is -3.84. The SMILES string of the molecule is Cc1cc2c(ccc(=O)n2Cc2ccc(-c3ccccc3-c3nnn[nH]3)cc2)c(C)n1.Cl. The zero-order valence-electron chi connectivity index (χ0n) is 17.6. The fourth-order valence-electron chi connectivity index (χ4n) is 3.96. The second-order valence-electron chi connectivity index (χ2n) is 7.53. The number of hydrogen-bond acceptors (Lipinski definition) is 5. The van der Waals surface area contributed by atoms with Crippen molar-refractivity contribution in [1.29, 1.82) is 0 Å². The molecule has 0 aliphatic heterocycles. The average molecular weight is 445 g/mol. The van der Waals surface area contributed by atoms with Crippen LogP contribution in [0.25, 0.3) is 33.4 Å². The van der Waals surface area contributed by atoms with Crippen LogP contribution in [-0.4, -0.2) is 30.2 Å². The molecule has 0 radical (unpaired) electrons. The van der Waals surface area contributed by atoms with Crippen molar-refractivity contribution < 1.29 is 0 Å². The summed E-state index contributed by atoms with van der Waals surface area (Å²) >= 11 is 0. The van der Waals surface area contributed by atoms with Crippen molar-refractivity contribution in [2.75, 3.05) is 0 Å². The lowest BCUT2D eigenvalue weighted by atomic mass is 9.98. The van der Waals surface area contributed by atoms with E-state index in [0.29, 0.717) is 12.4 Å². The quantitative estimate of drug-likeness (QED) is 0.445. The molecule has 0 aliphatic rings. The molecule has 3 aromatic heterocycles. The predicted octanol–water partition coefficient (Wildman–Crippen LogP) is 4.33. The lowest BCUT2D eigenvalue weighted by molar-refractivity contribution is 0.793. The molecule has 7 nitrogen and oxygen atoms in total. The molecule has 5 aromatic rings. The Bertz CT molecular complexity index is 1440. The summed E-state index contributed by atoms with van der Waals surface area (Å²) in [6, 6.07) is 21.6. The molecule has 32 heavy (non-hydrogen) atoms. The van der Waals surface area contributed by atoms with Gasteiger partial charge in [0.25, 0.3) is 5.56 Å². The summed E-state index contributed by atoms with van der Waals surface area (Å²) in [4.78, 5) is 17.2. The van der Waals surface area contributed by atoms with Gasteiger partial charge in [-0.2, -0.15) is 0 Å². The molecule has 0 bridgehead atoms. The molecule has 0 unspecified atom stereocenters. The highest BCUT2D eigenvalue weighted by atomic mass is 35.5. The number of nitrogens with zero attached hydrogens (tertiary/aromatic N) is 5. The molecule has 2 aromatic carbocycles. The highest BCUT2D eigenvalue weighted by molar-refractivity contribution is 5.85. The van der Waals surface area contributed by atoms with Gasteiger partial charge in [-0.25, -0.2) is 5.10 Å². The second kappa shape index (κ2) is 8.72. The Labute approximate surface area is 190 Å². The van der Waals surface area contributed by atoms with E-state index in [9.17, 15) is 4.79 Å². The van der Waals surface area contributed by atoms with Crippen molar-refractivity contribution >= 4 is 23.3 Å². The normalized spacial score (nSPS) is 10.8. The van der Waals surface area contributed by atoms with E-state index in [0.717, 1.165) is 44.5 Å². The number of benzene rings is 2. The van der Waals surface area contributed by atoms with Crippen molar-refractivity contribution in [2.24, 2.45) is 0 Å². The van der Waals surface area contributed by atoms with Crippen molar-refractivity contribution in [2.45, 2.75) is 20.4 Å². The van der Waals surface area contributed by atoms with Crippen LogP contribution in [0.4, 0.5) is 0 Å². The predicted molar refractivity (Wildman–Crippen MR) is 127 cm³/mol. The first-order valence-electron chi connectivity index (χ1n) is 10.0. The number of halogens is 1. The number of pyridine rings is 2. The van der Waals surface area contributed by atoms with Gasteiger partial charge in [0.2, 0.25) is 0 Å². The second-order valence-corrected chi connectivity index (χ2v) is 7.53. The third-order valence-electron chi connectivity index (χ3n) is 5.44. The first-order valence-corrected chi connectivity index (χ1v) is 10.0. The molecule has 0 amide bonds. The van der Waals surface area contributed by atoms with Crippen LogP contribution in [0.2, 0.25) is 0 Å². The Morgan fingerprint density at radius 3 is 2.41 bits per heavy atom. The first kappa shape index (κ1) is 21.4. The molecule has 0 atom stereocenters. The fourth-order valence-corrected chi connectivity index (χ4v) is 3.96. The highest BCUT2D eigenvalue weighted by Crippen LogP contribution is 2.30. The number of rotatable bonds is 4. The first-order chi connectivity index (χ1) is 15.1. The third-order valence-corrected chi connectivity index (χ3v) is 5.44. The van der Waals surface area contributed by atoms with Crippen molar-refractivity contribution in [3.63, 3.8) is 0 Å². The summed E-state index contributed by atoms with van der Waals surface area (Å²) in [6.45, 7) is 4.41. The van der Waals surface area contributed by atoms with Crippen LogP contribution < -0.4 is 5.56 Å². The number of hydrogen-bond donors (Lipinski definition) is 1. The molecule has 0 saturated carbocycles. The largest absolute Gasteiger partial charge is 0.304 e. The van der Waals surface area contributed by atoms with Crippen LogP contribution >= 0.6 is 12.4 Å². The summed E-state index contributed by atoms with van der Waals surface area (Å²) < 4.78 is 1.81. The van der Waals surface area contributed by atoms with Gasteiger partial charge in [-0.1, -0.05) is 48.5 Å². The van der Waals surface area contributed by atoms with E-state index < -0.39 is 0 Å². The smallest absolute Gasteiger partial charge is 0.251 e. The van der Waals surface area contributed by atoms with E-state index in [1.807, 2.05) is 50.2 Å². The topological polar surface area (TPSA) is 89.4 Å². The van der Waals surface area contributed by atoms with Gasteiger partial charge in [0, 0.05) is 28.4 Å². The molecule has 8 heteroatoms. The molecule has 1 N–H and O–H groups in total. The molecule has 3 heterocycles. The minimum absolute atomic E-state index is 0. The van der Waals surface area contributed by atoms with Gasteiger partial charge in [0.05, 0.1) is 12.1 Å². The minimum atomic E-state index is -0.0234. The Morgan fingerprint density at radius 1 is 0.938 bits per heavy atom. The molecule has 5 rings (SSSR count). The Balaban J connectivity index is 0.00000245. The highest BCUT2D eigenvalue weighted by Gasteiger charge is 2.11. The molecule has 160 valence electrons. The number of nitrogens with one attached hydrogen (secondary N) is 1. The standard InChI is InChI=1S/C24H20N6O.ClH/c1-15-13-22-19(16(2)25-15)11-12-23(31)30(22)14-17-7-9-18(10-8-17)20-5-3-4-6-21(20)24-26-28-29-27-24;/h3-13H,14H2,1-2H3,(H,26,27,28,29);1H. The number of fused-ring (bicyclic) bond motifs is 1. The summed E-state index contributed by atoms with van der Waals surface area (Å²) in [5, 5.41) is 15.2. The zero-order chi connectivity index (χ0) is 21.4. The van der Waals surface area contributed by atoms with E-state index in [4.69, 9.17) is 0 Å². The van der Waals surface area contributed by atoms with Crippen molar-refractivity contribution in [3.8, 4) is 22.5 Å². The van der Waals surface area contributed by atoms with Gasteiger partial charge in [-0.15, -0.1) is 17.5 Å². The van der Waals surface area contributed by atoms with Crippen LogP contribution in [0.3, 0.4) is 0 Å². The lowest BCUT2D eigenvalue weighted by Gasteiger charge is -2.13. The monoisotopic (exact) mass is 444 g/mol. The number of H-pyrrole nitrogens is 1. The van der Waals surface area contributed by atoms with Crippen molar-refractivity contribution in [3.05, 3.63) is 94.0 Å². The minimum Gasteiger partial charge on any atom is -0.304 e. The summed E-state index contributed by atoms with van der Waals surface area (Å²) in [5.74, 6) is 0.626. The van der Waals surface area contributed by atoms with Gasteiger partial charge in [-0.05, 0) is 53.1 Å². The third kappa shape index (κ3) is 3.90. The molecule has 0 fully saturated rings. The van der Waals surface area contributed by atoms with E-state index in [-0.39, 0.29) is 18.0 Å². The number of aryl methyl sites for hydroxylation is 2. The number of aromatic amines is 1. The summed E-state index contributed by atoms with van der Waals surface area (Å²) in [6.07, 6.45) is 0. The fraction of sp³-hybridized carbons (Fsp3) is 0.125. The van der Waals surface area contributed by atoms with E-state index in [1.54, 1.807) is 10.6 Å². The maximum atomic E-state index is 12.6. The maximum Gasteiger partial charge on any atom is 0.251 e. The molecule has 0 saturated heterocycles. The zero-order valence-corrected chi connectivity index (χ0v) is 18.4. The van der Waals surface area contributed by atoms with Crippen molar-refractivity contribution in [1.82, 2.24) is 30.2 Å². The van der Waals surface area contributed by atoms with Gasteiger partial charge >= 0.3 is 0 Å². The van der Waals surface area contributed by atoms with Crippen LogP contribution in [0.5, 0.6) is 0 Å². The van der Waals surface area contributed by atoms with E-state index in [1.165, 1.54) is 0 Å². The number of aromatic nitrogens is 6. The Kier molecular flexibility index (Phi) is 5.83. The number of tetrazole rings is 1. The van der Waals surface area contributed by atoms with Crippen LogP contribution in [0.1, 0.15) is 17.0 Å².